The van der Waals surface area contributed by atoms with Crippen molar-refractivity contribution < 1.29 is 32.6 Å². The molecule has 0 radical (unpaired) electrons. The first-order valence-corrected chi connectivity index (χ1v) is 13.3. The van der Waals surface area contributed by atoms with Crippen molar-refractivity contribution in [3.05, 3.63) is 83.1 Å². The monoisotopic (exact) mass is 551 g/mol. The highest BCUT2D eigenvalue weighted by molar-refractivity contribution is 5.96. The van der Waals surface area contributed by atoms with Crippen LogP contribution in [0.1, 0.15) is 54.3 Å². The lowest BCUT2D eigenvalue weighted by Crippen LogP contribution is -2.49. The van der Waals surface area contributed by atoms with Crippen molar-refractivity contribution in [1.82, 2.24) is 15.1 Å². The van der Waals surface area contributed by atoms with Crippen LogP contribution in [0.2, 0.25) is 0 Å². The van der Waals surface area contributed by atoms with Crippen LogP contribution >= 0.6 is 0 Å². The Morgan fingerprint density at radius 3 is 2.45 bits per heavy atom. The summed E-state index contributed by atoms with van der Waals surface area (Å²) in [5.41, 5.74) is 0.629. The Morgan fingerprint density at radius 1 is 1.00 bits per heavy atom. The van der Waals surface area contributed by atoms with Crippen LogP contribution in [0.3, 0.4) is 0 Å². The van der Waals surface area contributed by atoms with Crippen LogP contribution in [0.4, 0.5) is 4.39 Å². The number of benzene rings is 2. The molecule has 1 saturated heterocycles. The second-order valence-electron chi connectivity index (χ2n) is 11.0. The second-order valence-corrected chi connectivity index (χ2v) is 11.0. The van der Waals surface area contributed by atoms with Gasteiger partial charge in [0.05, 0.1) is 19.8 Å². The van der Waals surface area contributed by atoms with Crippen molar-refractivity contribution in [2.24, 2.45) is 0 Å². The fourth-order valence-electron chi connectivity index (χ4n) is 4.77. The number of morpholine rings is 1. The fourth-order valence-corrected chi connectivity index (χ4v) is 4.77. The third-order valence-corrected chi connectivity index (χ3v) is 6.65. The van der Waals surface area contributed by atoms with E-state index in [9.17, 15) is 14.0 Å². The van der Waals surface area contributed by atoms with Crippen molar-refractivity contribution in [1.29, 1.82) is 0 Å². The number of nitrogens with zero attached hydrogens (tertiary/aromatic N) is 2. The van der Waals surface area contributed by atoms with Gasteiger partial charge < -0.3 is 28.8 Å². The highest BCUT2D eigenvalue weighted by atomic mass is 19.1. The highest BCUT2D eigenvalue weighted by Gasteiger charge is 2.35. The summed E-state index contributed by atoms with van der Waals surface area (Å²) in [6.07, 6.45) is 0. The van der Waals surface area contributed by atoms with Gasteiger partial charge >= 0.3 is 0 Å². The van der Waals surface area contributed by atoms with Gasteiger partial charge in [-0.2, -0.15) is 0 Å². The zero-order valence-corrected chi connectivity index (χ0v) is 22.9. The number of halogens is 1. The zero-order chi connectivity index (χ0) is 28.3. The maximum Gasteiger partial charge on any atom is 0.290 e. The Bertz CT molecular complexity index is 1340. The minimum Gasteiger partial charge on any atom is -0.455 e. The molecule has 40 heavy (non-hydrogen) atoms. The molecular formula is C30H34FN3O6. The zero-order valence-electron chi connectivity index (χ0n) is 22.9. The number of rotatable bonds is 8. The summed E-state index contributed by atoms with van der Waals surface area (Å²) in [6.45, 7) is 9.17. The van der Waals surface area contributed by atoms with Crippen molar-refractivity contribution in [2.75, 3.05) is 33.1 Å². The molecular weight excluding hydrogens is 517 g/mol. The van der Waals surface area contributed by atoms with Gasteiger partial charge in [-0.05, 0) is 68.3 Å². The van der Waals surface area contributed by atoms with Gasteiger partial charge in [0, 0.05) is 25.2 Å². The predicted octanol–water partition coefficient (Wildman–Crippen LogP) is 4.28. The van der Waals surface area contributed by atoms with E-state index < -0.39 is 29.2 Å². The normalized spacial score (nSPS) is 16.0. The number of fused-ring (bicyclic) bond motifs is 1. The van der Waals surface area contributed by atoms with Crippen LogP contribution in [0.15, 0.2) is 59.0 Å². The molecule has 0 unspecified atom stereocenters. The number of furan rings is 1. The lowest BCUT2D eigenvalue weighted by molar-refractivity contribution is -0.127. The van der Waals surface area contributed by atoms with Gasteiger partial charge in [-0.3, -0.25) is 14.5 Å². The first-order valence-electron chi connectivity index (χ1n) is 13.3. The van der Waals surface area contributed by atoms with Crippen LogP contribution in [0, 0.1) is 5.82 Å². The predicted molar refractivity (Wildman–Crippen MR) is 144 cm³/mol. The molecule has 0 saturated carbocycles. The maximum atomic E-state index is 14.1. The van der Waals surface area contributed by atoms with Crippen LogP contribution in [0.25, 0.3) is 0 Å². The molecule has 0 spiro atoms. The van der Waals surface area contributed by atoms with Crippen molar-refractivity contribution in [3.63, 3.8) is 0 Å². The average Bonchev–Trinajstić information content (AvgIpc) is 3.58. The Balaban J connectivity index is 1.50. The Labute approximate surface area is 232 Å². The molecule has 212 valence electrons. The molecule has 5 rings (SSSR count). The lowest BCUT2D eigenvalue weighted by Gasteiger charge is -2.33. The molecule has 3 aromatic rings. The van der Waals surface area contributed by atoms with Gasteiger partial charge in [0.15, 0.2) is 17.3 Å². The van der Waals surface area contributed by atoms with E-state index in [0.29, 0.717) is 42.6 Å². The summed E-state index contributed by atoms with van der Waals surface area (Å²) in [5, 5.41) is 2.99. The minimum atomic E-state index is -1.06. The summed E-state index contributed by atoms with van der Waals surface area (Å²) in [4.78, 5) is 31.5. The van der Waals surface area contributed by atoms with E-state index in [1.165, 1.54) is 29.2 Å². The van der Waals surface area contributed by atoms with E-state index in [0.717, 1.165) is 18.7 Å². The van der Waals surface area contributed by atoms with E-state index in [1.54, 1.807) is 24.3 Å². The topological polar surface area (TPSA) is 93.5 Å². The SMILES string of the molecule is CC(C)(C)NC(=O)[C@H](c1ccc(F)cc1)N(Cc1ccc2c(c1)OCO2)C(=O)c1ccc(CN2CCOCC2)o1. The molecule has 1 fully saturated rings. The fraction of sp³-hybridized carbons (Fsp3) is 0.400. The van der Waals surface area contributed by atoms with Gasteiger partial charge in [-0.25, -0.2) is 4.39 Å². The molecule has 0 aliphatic carbocycles. The van der Waals surface area contributed by atoms with Gasteiger partial charge in [0.2, 0.25) is 12.7 Å². The van der Waals surface area contributed by atoms with Gasteiger partial charge in [0.1, 0.15) is 17.6 Å². The molecule has 9 nitrogen and oxygen atoms in total. The second kappa shape index (κ2) is 11.7. The molecule has 0 bridgehead atoms. The van der Waals surface area contributed by atoms with Crippen molar-refractivity contribution in [2.45, 2.75) is 45.4 Å². The molecule has 1 N–H and O–H groups in total. The third-order valence-electron chi connectivity index (χ3n) is 6.65. The van der Waals surface area contributed by atoms with Crippen LogP contribution in [-0.2, 0) is 22.6 Å². The molecule has 2 aliphatic heterocycles. The number of hydrogen-bond acceptors (Lipinski definition) is 7. The number of hydrogen-bond donors (Lipinski definition) is 1. The van der Waals surface area contributed by atoms with Gasteiger partial charge in [0.25, 0.3) is 5.91 Å². The molecule has 1 aromatic heterocycles. The molecule has 3 heterocycles. The smallest absolute Gasteiger partial charge is 0.290 e. The van der Waals surface area contributed by atoms with Gasteiger partial charge in [-0.15, -0.1) is 0 Å². The number of amides is 2. The molecule has 2 aromatic carbocycles. The Morgan fingerprint density at radius 2 is 1.73 bits per heavy atom. The highest BCUT2D eigenvalue weighted by Crippen LogP contribution is 2.34. The molecule has 10 heteroatoms. The standard InChI is InChI=1S/C30H34FN3O6/c1-30(2,3)32-28(35)27(21-5-7-22(31)8-6-21)34(17-20-4-10-24-26(16-20)39-19-38-24)29(36)25-11-9-23(40-25)18-33-12-14-37-15-13-33/h4-11,16,27H,12-15,17-19H2,1-3H3,(H,32,35)/t27-/m0/s1. The quantitative estimate of drug-likeness (QED) is 0.447. The first-order chi connectivity index (χ1) is 19.2. The summed E-state index contributed by atoms with van der Waals surface area (Å²) in [5.74, 6) is 0.628. The van der Waals surface area contributed by atoms with Crippen molar-refractivity contribution in [3.8, 4) is 11.5 Å². The summed E-state index contributed by atoms with van der Waals surface area (Å²) >= 11 is 0. The van der Waals surface area contributed by atoms with E-state index in [4.69, 9.17) is 18.6 Å². The van der Waals surface area contributed by atoms with Crippen molar-refractivity contribution >= 4 is 11.8 Å². The molecule has 1 atom stereocenters. The Kier molecular flexibility index (Phi) is 8.09. The minimum absolute atomic E-state index is 0.0641. The van der Waals surface area contributed by atoms with Crippen LogP contribution in [-0.4, -0.2) is 60.2 Å². The average molecular weight is 552 g/mol. The largest absolute Gasteiger partial charge is 0.455 e. The Hall–Kier alpha value is -3.89. The number of carbonyl (C=O) groups is 2. The molecule has 2 aliphatic rings. The number of ether oxygens (including phenoxy) is 3. The van der Waals surface area contributed by atoms with Crippen LogP contribution < -0.4 is 14.8 Å². The lowest BCUT2D eigenvalue weighted by atomic mass is 10.0. The maximum absolute atomic E-state index is 14.1. The van der Waals surface area contributed by atoms with E-state index in [-0.39, 0.29) is 19.1 Å². The summed E-state index contributed by atoms with van der Waals surface area (Å²) in [6, 6.07) is 13.3. The first kappa shape index (κ1) is 27.7. The van der Waals surface area contributed by atoms with E-state index in [1.807, 2.05) is 26.8 Å². The number of nitrogens with one attached hydrogen (secondary N) is 1. The summed E-state index contributed by atoms with van der Waals surface area (Å²) < 4.78 is 36.3. The third kappa shape index (κ3) is 6.63. The number of carbonyl (C=O) groups excluding carboxylic acids is 2. The van der Waals surface area contributed by atoms with Crippen LogP contribution in [0.5, 0.6) is 11.5 Å². The van der Waals surface area contributed by atoms with E-state index in [2.05, 4.69) is 10.2 Å². The molecule has 2 amide bonds. The summed E-state index contributed by atoms with van der Waals surface area (Å²) in [7, 11) is 0. The van der Waals surface area contributed by atoms with E-state index >= 15 is 0 Å². The van der Waals surface area contributed by atoms with Gasteiger partial charge in [-0.1, -0.05) is 18.2 Å².